The quantitative estimate of drug-likeness (QED) is 0.869. The molecule has 1 N–H and O–H groups in total. The first-order valence-electron chi connectivity index (χ1n) is 5.51. The average molecular weight is 271 g/mol. The Morgan fingerprint density at radius 3 is 2.67 bits per heavy atom. The Bertz CT molecular complexity index is 322. The summed E-state index contributed by atoms with van der Waals surface area (Å²) in [6, 6.07) is 6.00. The fraction of sp³-hybridized carbons (Fsp3) is 0.538. The van der Waals surface area contributed by atoms with Gasteiger partial charge in [0.05, 0.1) is 6.10 Å². The SMILES string of the molecule is CCCC(C)C(O)c1cccc(Br)c1C. The van der Waals surface area contributed by atoms with Crippen LogP contribution >= 0.6 is 15.9 Å². The number of benzene rings is 1. The third-order valence-electron chi connectivity index (χ3n) is 2.91. The molecule has 2 heteroatoms. The van der Waals surface area contributed by atoms with Crippen LogP contribution in [0.5, 0.6) is 0 Å². The Labute approximate surface area is 101 Å². The molecule has 1 aromatic rings. The molecule has 0 bridgehead atoms. The van der Waals surface area contributed by atoms with Crippen LogP contribution in [0.2, 0.25) is 0 Å². The molecule has 0 heterocycles. The van der Waals surface area contributed by atoms with Gasteiger partial charge < -0.3 is 5.11 Å². The van der Waals surface area contributed by atoms with Gasteiger partial charge in [-0.1, -0.05) is 48.3 Å². The van der Waals surface area contributed by atoms with Crippen molar-refractivity contribution < 1.29 is 5.11 Å². The zero-order valence-corrected chi connectivity index (χ0v) is 11.2. The molecule has 1 aromatic carbocycles. The summed E-state index contributed by atoms with van der Waals surface area (Å²) in [6.07, 6.45) is 1.83. The van der Waals surface area contributed by atoms with Gasteiger partial charge in [0.25, 0.3) is 0 Å². The third kappa shape index (κ3) is 3.05. The molecule has 84 valence electrons. The van der Waals surface area contributed by atoms with Crippen molar-refractivity contribution in [1.82, 2.24) is 0 Å². The van der Waals surface area contributed by atoms with Crippen molar-refractivity contribution >= 4 is 15.9 Å². The van der Waals surface area contributed by atoms with Crippen molar-refractivity contribution in [1.29, 1.82) is 0 Å². The summed E-state index contributed by atoms with van der Waals surface area (Å²) in [7, 11) is 0. The van der Waals surface area contributed by atoms with Crippen LogP contribution in [0.1, 0.15) is 43.9 Å². The van der Waals surface area contributed by atoms with Gasteiger partial charge in [-0.3, -0.25) is 0 Å². The first kappa shape index (κ1) is 12.7. The number of aliphatic hydroxyl groups is 1. The first-order chi connectivity index (χ1) is 7.07. The Hall–Kier alpha value is -0.340. The highest BCUT2D eigenvalue weighted by molar-refractivity contribution is 9.10. The van der Waals surface area contributed by atoms with Crippen molar-refractivity contribution in [3.8, 4) is 0 Å². The largest absolute Gasteiger partial charge is 0.388 e. The van der Waals surface area contributed by atoms with E-state index in [1.165, 1.54) is 0 Å². The number of rotatable bonds is 4. The second kappa shape index (κ2) is 5.66. The Kier molecular flexibility index (Phi) is 4.81. The van der Waals surface area contributed by atoms with Gasteiger partial charge in [-0.15, -0.1) is 0 Å². The number of halogens is 1. The molecule has 0 spiro atoms. The maximum absolute atomic E-state index is 10.2. The molecule has 0 saturated carbocycles. The van der Waals surface area contributed by atoms with Crippen LogP contribution in [0.4, 0.5) is 0 Å². The average Bonchev–Trinajstić information content (AvgIpc) is 2.21. The van der Waals surface area contributed by atoms with Crippen LogP contribution in [0.3, 0.4) is 0 Å². The summed E-state index contributed by atoms with van der Waals surface area (Å²) in [4.78, 5) is 0. The van der Waals surface area contributed by atoms with Gasteiger partial charge in [0, 0.05) is 4.47 Å². The van der Waals surface area contributed by atoms with Crippen LogP contribution < -0.4 is 0 Å². The van der Waals surface area contributed by atoms with Gasteiger partial charge in [-0.05, 0) is 36.5 Å². The zero-order chi connectivity index (χ0) is 11.4. The highest BCUT2D eigenvalue weighted by atomic mass is 79.9. The molecule has 1 nitrogen and oxygen atoms in total. The molecular formula is C13H19BrO. The predicted molar refractivity (Wildman–Crippen MR) is 67.9 cm³/mol. The van der Waals surface area contributed by atoms with Gasteiger partial charge in [-0.25, -0.2) is 0 Å². The lowest BCUT2D eigenvalue weighted by atomic mass is 9.91. The lowest BCUT2D eigenvalue weighted by Crippen LogP contribution is -2.10. The summed E-state index contributed by atoms with van der Waals surface area (Å²) in [5.74, 6) is 0.322. The van der Waals surface area contributed by atoms with Crippen LogP contribution in [0.15, 0.2) is 22.7 Å². The molecule has 0 saturated heterocycles. The summed E-state index contributed by atoms with van der Waals surface area (Å²) in [6.45, 7) is 6.30. The Morgan fingerprint density at radius 1 is 1.40 bits per heavy atom. The zero-order valence-electron chi connectivity index (χ0n) is 9.63. The number of aliphatic hydroxyl groups excluding tert-OH is 1. The van der Waals surface area contributed by atoms with E-state index < -0.39 is 0 Å². The predicted octanol–water partition coefficient (Wildman–Crippen LogP) is 4.23. The molecule has 0 aliphatic heterocycles. The summed E-state index contributed by atoms with van der Waals surface area (Å²) in [5, 5.41) is 10.2. The van der Waals surface area contributed by atoms with Gasteiger partial charge in [0.1, 0.15) is 0 Å². The van der Waals surface area contributed by atoms with E-state index in [4.69, 9.17) is 0 Å². The monoisotopic (exact) mass is 270 g/mol. The number of hydrogen-bond donors (Lipinski definition) is 1. The minimum absolute atomic E-state index is 0.322. The fourth-order valence-corrected chi connectivity index (χ4v) is 2.25. The van der Waals surface area contributed by atoms with Gasteiger partial charge in [0.2, 0.25) is 0 Å². The second-order valence-electron chi connectivity index (χ2n) is 4.16. The second-order valence-corrected chi connectivity index (χ2v) is 5.02. The van der Waals surface area contributed by atoms with Crippen LogP contribution in [-0.4, -0.2) is 5.11 Å². The van der Waals surface area contributed by atoms with E-state index in [9.17, 15) is 5.11 Å². The maximum atomic E-state index is 10.2. The van der Waals surface area contributed by atoms with Gasteiger partial charge in [0.15, 0.2) is 0 Å². The molecule has 0 aliphatic rings. The van der Waals surface area contributed by atoms with Crippen molar-refractivity contribution in [3.63, 3.8) is 0 Å². The molecule has 15 heavy (non-hydrogen) atoms. The van der Waals surface area contributed by atoms with Gasteiger partial charge in [-0.2, -0.15) is 0 Å². The number of hydrogen-bond acceptors (Lipinski definition) is 1. The van der Waals surface area contributed by atoms with Gasteiger partial charge >= 0.3 is 0 Å². The van der Waals surface area contributed by atoms with E-state index in [0.29, 0.717) is 5.92 Å². The molecule has 0 aromatic heterocycles. The molecule has 1 rings (SSSR count). The van der Waals surface area contributed by atoms with Crippen molar-refractivity contribution in [2.75, 3.05) is 0 Å². The molecular weight excluding hydrogens is 252 g/mol. The minimum Gasteiger partial charge on any atom is -0.388 e. The van der Waals surface area contributed by atoms with E-state index in [0.717, 1.165) is 28.4 Å². The highest BCUT2D eigenvalue weighted by Gasteiger charge is 2.17. The molecule has 0 amide bonds. The maximum Gasteiger partial charge on any atom is 0.0818 e. The van der Waals surface area contributed by atoms with Crippen molar-refractivity contribution in [2.24, 2.45) is 5.92 Å². The standard InChI is InChI=1S/C13H19BrO/c1-4-6-9(2)13(15)11-7-5-8-12(14)10(11)3/h5,7-9,13,15H,4,6H2,1-3H3. The summed E-state index contributed by atoms with van der Waals surface area (Å²) in [5.41, 5.74) is 2.19. The summed E-state index contributed by atoms with van der Waals surface area (Å²) >= 11 is 3.49. The summed E-state index contributed by atoms with van der Waals surface area (Å²) < 4.78 is 1.07. The third-order valence-corrected chi connectivity index (χ3v) is 3.77. The molecule has 0 radical (unpaired) electrons. The van der Waals surface area contributed by atoms with E-state index >= 15 is 0 Å². The smallest absolute Gasteiger partial charge is 0.0818 e. The van der Waals surface area contributed by atoms with Crippen LogP contribution in [0, 0.1) is 12.8 Å². The van der Waals surface area contributed by atoms with Crippen LogP contribution in [-0.2, 0) is 0 Å². The molecule has 0 aliphatic carbocycles. The molecule has 2 unspecified atom stereocenters. The lowest BCUT2D eigenvalue weighted by Gasteiger charge is -2.20. The molecule has 2 atom stereocenters. The lowest BCUT2D eigenvalue weighted by molar-refractivity contribution is 0.111. The topological polar surface area (TPSA) is 20.2 Å². The molecule has 0 fully saturated rings. The fourth-order valence-electron chi connectivity index (χ4n) is 1.86. The van der Waals surface area contributed by atoms with E-state index in [-0.39, 0.29) is 6.10 Å². The van der Waals surface area contributed by atoms with E-state index in [1.807, 2.05) is 25.1 Å². The normalized spacial score (nSPS) is 15.0. The highest BCUT2D eigenvalue weighted by Crippen LogP contribution is 2.30. The van der Waals surface area contributed by atoms with Crippen molar-refractivity contribution in [2.45, 2.75) is 39.7 Å². The van der Waals surface area contributed by atoms with Crippen molar-refractivity contribution in [3.05, 3.63) is 33.8 Å². The first-order valence-corrected chi connectivity index (χ1v) is 6.30. The Balaban J connectivity index is 2.90. The minimum atomic E-state index is -0.345. The van der Waals surface area contributed by atoms with E-state index in [1.54, 1.807) is 0 Å². The Morgan fingerprint density at radius 2 is 2.07 bits per heavy atom. The van der Waals surface area contributed by atoms with E-state index in [2.05, 4.69) is 29.8 Å². The van der Waals surface area contributed by atoms with Crippen LogP contribution in [0.25, 0.3) is 0 Å².